The van der Waals surface area contributed by atoms with E-state index >= 15 is 0 Å². The second kappa shape index (κ2) is 76.9. The molecule has 0 aromatic rings. The predicted molar refractivity (Wildman–Crippen MR) is 427 cm³/mol. The van der Waals surface area contributed by atoms with E-state index in [9.17, 15) is 43.2 Å². The maximum absolute atomic E-state index is 13.1. The van der Waals surface area contributed by atoms with Crippen molar-refractivity contribution in [3.05, 3.63) is 109 Å². The molecular weight excluding hydrogens is 1350 g/mol. The molecule has 3 N–H and O–H groups in total. The van der Waals surface area contributed by atoms with E-state index in [0.717, 1.165) is 148 Å². The van der Waals surface area contributed by atoms with Gasteiger partial charge in [-0.2, -0.15) is 0 Å². The van der Waals surface area contributed by atoms with Crippen LogP contribution in [0.1, 0.15) is 349 Å². The summed E-state index contributed by atoms with van der Waals surface area (Å²) in [4.78, 5) is 73.0. The first-order chi connectivity index (χ1) is 50.7. The van der Waals surface area contributed by atoms with Gasteiger partial charge < -0.3 is 33.8 Å². The van der Waals surface area contributed by atoms with Gasteiger partial charge in [0.25, 0.3) is 0 Å². The van der Waals surface area contributed by atoms with Gasteiger partial charge in [-0.25, -0.2) is 9.13 Å². The summed E-state index contributed by atoms with van der Waals surface area (Å²) in [5.41, 5.74) is 0. The zero-order chi connectivity index (χ0) is 76.0. The Kier molecular flexibility index (Phi) is 73.7. The third-order valence-corrected chi connectivity index (χ3v) is 19.1. The van der Waals surface area contributed by atoms with E-state index in [2.05, 4.69) is 119 Å². The molecule has 0 heterocycles. The molecule has 0 aliphatic rings. The molecule has 0 aliphatic carbocycles. The lowest BCUT2D eigenvalue weighted by Gasteiger charge is -2.21. The molecule has 0 amide bonds. The molecule has 0 saturated heterocycles. The highest BCUT2D eigenvalue weighted by atomic mass is 31.2. The molecule has 0 radical (unpaired) electrons. The fourth-order valence-corrected chi connectivity index (χ4v) is 12.4. The van der Waals surface area contributed by atoms with Crippen molar-refractivity contribution in [1.29, 1.82) is 0 Å². The average Bonchev–Trinajstić information content (AvgIpc) is 0.943. The number of rotatable bonds is 77. The van der Waals surface area contributed by atoms with Gasteiger partial charge in [0, 0.05) is 25.7 Å². The highest BCUT2D eigenvalue weighted by Gasteiger charge is 2.30. The van der Waals surface area contributed by atoms with Crippen LogP contribution >= 0.6 is 15.6 Å². The number of hydrogen-bond acceptors (Lipinski definition) is 15. The van der Waals surface area contributed by atoms with Crippen LogP contribution in [-0.4, -0.2) is 96.7 Å². The molecule has 0 aromatic heterocycles. The van der Waals surface area contributed by atoms with Crippen LogP contribution in [0.3, 0.4) is 0 Å². The van der Waals surface area contributed by atoms with E-state index in [4.69, 9.17) is 37.0 Å². The zero-order valence-corrected chi connectivity index (χ0v) is 67.5. The summed E-state index contributed by atoms with van der Waals surface area (Å²) in [6.45, 7) is 4.73. The Morgan fingerprint density at radius 2 is 0.490 bits per heavy atom. The van der Waals surface area contributed by atoms with Gasteiger partial charge in [-0.15, -0.1) is 0 Å². The minimum Gasteiger partial charge on any atom is -0.462 e. The lowest BCUT2D eigenvalue weighted by molar-refractivity contribution is -0.161. The number of phosphoric ester groups is 2. The SMILES string of the molecule is CCCCC/C=C\C/C=C\C/C=C\C/C=C\C/C=C\CCC(=O)O[C@H](COC(=O)CCCCCCC/C=C\CCCCCCCC)COP(=O)(O)OC[C@H](O)COP(=O)(O)OC[C@@H](COC(=O)CCCCCCC/C=C\C/C=C\CCCCC)OC(=O)CCCCCCC/C=C\CCCCCCCC. The fourth-order valence-electron chi connectivity index (χ4n) is 10.9. The molecule has 17 nitrogen and oxygen atoms in total. The van der Waals surface area contributed by atoms with E-state index in [-0.39, 0.29) is 25.7 Å². The Hall–Kier alpha value is -4.28. The Labute approximate surface area is 632 Å². The lowest BCUT2D eigenvalue weighted by atomic mass is 10.1. The largest absolute Gasteiger partial charge is 0.472 e. The van der Waals surface area contributed by atoms with Crippen LogP contribution in [0.15, 0.2) is 109 Å². The Morgan fingerprint density at radius 1 is 0.269 bits per heavy atom. The van der Waals surface area contributed by atoms with E-state index in [1.807, 2.05) is 18.2 Å². The van der Waals surface area contributed by atoms with Crippen molar-refractivity contribution >= 4 is 39.5 Å². The summed E-state index contributed by atoms with van der Waals surface area (Å²) in [7, 11) is -9.99. The molecule has 600 valence electrons. The van der Waals surface area contributed by atoms with Gasteiger partial charge in [-0.05, 0) is 148 Å². The Morgan fingerprint density at radius 3 is 0.808 bits per heavy atom. The Balaban J connectivity index is 5.45. The topological polar surface area (TPSA) is 237 Å². The molecule has 0 saturated carbocycles. The Bertz CT molecular complexity index is 2390. The van der Waals surface area contributed by atoms with Gasteiger partial charge in [0.2, 0.25) is 0 Å². The summed E-state index contributed by atoms with van der Waals surface area (Å²) < 4.78 is 68.6. The summed E-state index contributed by atoms with van der Waals surface area (Å²) >= 11 is 0. The van der Waals surface area contributed by atoms with Gasteiger partial charge in [-0.3, -0.25) is 37.3 Å². The predicted octanol–water partition coefficient (Wildman–Crippen LogP) is 24.1. The van der Waals surface area contributed by atoms with Gasteiger partial charge >= 0.3 is 39.5 Å². The van der Waals surface area contributed by atoms with Crippen LogP contribution in [0.4, 0.5) is 0 Å². The molecule has 0 rings (SSSR count). The number of unbranched alkanes of at least 4 members (excludes halogenated alkanes) is 33. The van der Waals surface area contributed by atoms with Crippen LogP contribution < -0.4 is 0 Å². The van der Waals surface area contributed by atoms with Gasteiger partial charge in [0.1, 0.15) is 19.3 Å². The normalized spacial score (nSPS) is 14.4. The summed E-state index contributed by atoms with van der Waals surface area (Å²) in [6, 6.07) is 0. The molecule has 19 heteroatoms. The van der Waals surface area contributed by atoms with Crippen molar-refractivity contribution in [2.75, 3.05) is 39.6 Å². The fraction of sp³-hybridized carbons (Fsp3) is 0.741. The highest BCUT2D eigenvalue weighted by Crippen LogP contribution is 2.45. The summed E-state index contributed by atoms with van der Waals surface area (Å²) in [5, 5.41) is 10.6. The smallest absolute Gasteiger partial charge is 0.462 e. The summed E-state index contributed by atoms with van der Waals surface area (Å²) in [6.07, 6.45) is 83.6. The molecule has 0 spiro atoms. The molecule has 0 bridgehead atoms. The van der Waals surface area contributed by atoms with Crippen LogP contribution in [0.25, 0.3) is 0 Å². The van der Waals surface area contributed by atoms with Crippen LogP contribution in [0.2, 0.25) is 0 Å². The van der Waals surface area contributed by atoms with E-state index < -0.39 is 97.5 Å². The standard InChI is InChI=1S/C85H148O17P2/c1-5-9-13-17-21-25-29-33-37-38-39-40-44-48-52-56-60-64-68-72-85(90)102-81(76-96-83(88)70-66-62-58-54-50-46-42-35-31-27-23-19-15-11-7-3)78-100-104(93,94)98-74-79(86)73-97-103(91,92)99-77-80(101-84(89)71-67-63-59-55-51-47-43-36-32-28-24-20-16-12-8-4)75-95-82(87)69-65-61-57-53-49-45-41-34-30-26-22-18-14-10-6-2/h21-22,25-26,33-37,39-43,48,52,60,64,79-81,86H,5-20,23-24,27-32,38,44-47,49-51,53-59,61-63,65-78H2,1-4H3,(H,91,92)(H,93,94)/b25-21-,26-22-,37-33-,40-39-,41-34-,42-35-,43-36-,52-48-,64-60-/t79-,80-,81-/m1/s1. The minimum atomic E-state index is -5.00. The number of hydrogen-bond donors (Lipinski definition) is 3. The van der Waals surface area contributed by atoms with E-state index in [0.29, 0.717) is 32.1 Å². The van der Waals surface area contributed by atoms with Gasteiger partial charge in [0.05, 0.1) is 26.4 Å². The third kappa shape index (κ3) is 75.9. The molecule has 104 heavy (non-hydrogen) atoms. The third-order valence-electron chi connectivity index (χ3n) is 17.2. The number of aliphatic hydroxyl groups is 1. The first kappa shape index (κ1) is 99.7. The molecule has 0 aromatic carbocycles. The molecule has 5 atom stereocenters. The number of esters is 4. The van der Waals surface area contributed by atoms with Crippen molar-refractivity contribution in [3.63, 3.8) is 0 Å². The van der Waals surface area contributed by atoms with Crippen LogP contribution in [-0.2, 0) is 65.4 Å². The minimum absolute atomic E-state index is 0.0308. The van der Waals surface area contributed by atoms with Crippen LogP contribution in [0.5, 0.6) is 0 Å². The van der Waals surface area contributed by atoms with Crippen molar-refractivity contribution < 1.29 is 80.2 Å². The monoisotopic (exact) mass is 1500 g/mol. The average molecular weight is 1500 g/mol. The maximum atomic E-state index is 13.1. The molecular formula is C85H148O17P2. The van der Waals surface area contributed by atoms with E-state index in [1.165, 1.54) is 116 Å². The second-order valence-corrected chi connectivity index (χ2v) is 30.3. The van der Waals surface area contributed by atoms with Crippen molar-refractivity contribution in [2.24, 2.45) is 0 Å². The lowest BCUT2D eigenvalue weighted by Crippen LogP contribution is -2.30. The quantitative estimate of drug-likeness (QED) is 0.0169. The number of allylic oxidation sites excluding steroid dienone is 18. The van der Waals surface area contributed by atoms with Crippen molar-refractivity contribution in [2.45, 2.75) is 367 Å². The first-order valence-corrected chi connectivity index (χ1v) is 44.1. The number of ether oxygens (including phenoxy) is 4. The summed E-state index contributed by atoms with van der Waals surface area (Å²) in [5.74, 6) is -2.29. The maximum Gasteiger partial charge on any atom is 0.472 e. The zero-order valence-electron chi connectivity index (χ0n) is 65.7. The number of aliphatic hydroxyl groups excluding tert-OH is 1. The second-order valence-electron chi connectivity index (χ2n) is 27.3. The van der Waals surface area contributed by atoms with E-state index in [1.54, 1.807) is 0 Å². The van der Waals surface area contributed by atoms with Crippen molar-refractivity contribution in [1.82, 2.24) is 0 Å². The molecule has 0 aliphatic heterocycles. The number of carbonyl (C=O) groups is 4. The van der Waals surface area contributed by atoms with Gasteiger partial charge in [-0.1, -0.05) is 285 Å². The van der Waals surface area contributed by atoms with Gasteiger partial charge in [0.15, 0.2) is 12.2 Å². The molecule has 0 fully saturated rings. The van der Waals surface area contributed by atoms with Crippen LogP contribution in [0, 0.1) is 0 Å². The number of carbonyl (C=O) groups excluding carboxylic acids is 4. The highest BCUT2D eigenvalue weighted by molar-refractivity contribution is 7.47. The first-order valence-electron chi connectivity index (χ1n) is 41.1. The van der Waals surface area contributed by atoms with Crippen molar-refractivity contribution in [3.8, 4) is 0 Å². The number of phosphoric acid groups is 2. The molecule has 2 unspecified atom stereocenters.